The van der Waals surface area contributed by atoms with Crippen LogP contribution in [0.15, 0.2) is 28.1 Å². The predicted octanol–water partition coefficient (Wildman–Crippen LogP) is 1.55. The highest BCUT2D eigenvalue weighted by atomic mass is 79.9. The summed E-state index contributed by atoms with van der Waals surface area (Å²) in [5, 5.41) is 7.35. The minimum absolute atomic E-state index is 0.156. The molecule has 0 saturated carbocycles. The Hall–Kier alpha value is -1.14. The van der Waals surface area contributed by atoms with Gasteiger partial charge >= 0.3 is 0 Å². The van der Waals surface area contributed by atoms with E-state index < -0.39 is 0 Å². The first-order valence-corrected chi connectivity index (χ1v) is 6.52. The average molecular weight is 315 g/mol. The van der Waals surface area contributed by atoms with E-state index in [9.17, 15) is 4.79 Å². The number of nitrogens with zero attached hydrogens (tertiary/aromatic N) is 3. The zero-order valence-electron chi connectivity index (χ0n) is 11.0. The number of rotatable bonds is 6. The zero-order valence-corrected chi connectivity index (χ0v) is 12.6. The van der Waals surface area contributed by atoms with Crippen LogP contribution in [0.25, 0.3) is 0 Å². The van der Waals surface area contributed by atoms with Gasteiger partial charge in [0.1, 0.15) is 4.47 Å². The van der Waals surface area contributed by atoms with Gasteiger partial charge in [-0.3, -0.25) is 4.79 Å². The van der Waals surface area contributed by atoms with Crippen molar-refractivity contribution >= 4 is 21.6 Å². The lowest BCUT2D eigenvalue weighted by Gasteiger charge is -2.20. The van der Waals surface area contributed by atoms with Gasteiger partial charge in [0.2, 0.25) is 0 Å². The Morgan fingerprint density at radius 2 is 2.33 bits per heavy atom. The van der Waals surface area contributed by atoms with Crippen LogP contribution >= 0.6 is 15.9 Å². The van der Waals surface area contributed by atoms with Crippen molar-refractivity contribution in [1.82, 2.24) is 14.7 Å². The fourth-order valence-electron chi connectivity index (χ4n) is 1.68. The molecule has 0 radical (unpaired) electrons. The number of hydrogen-bond acceptors (Lipinski definition) is 4. The molecular formula is C12H19BrN4O. The monoisotopic (exact) mass is 314 g/mol. The van der Waals surface area contributed by atoms with Crippen LogP contribution in [0, 0.1) is 0 Å². The summed E-state index contributed by atoms with van der Waals surface area (Å²) in [6.07, 6.45) is 3.30. The fraction of sp³-hybridized carbons (Fsp3) is 0.500. The van der Waals surface area contributed by atoms with Gasteiger partial charge in [-0.25, -0.2) is 4.68 Å². The summed E-state index contributed by atoms with van der Waals surface area (Å²) in [6.45, 7) is 6.94. The second-order valence-corrected chi connectivity index (χ2v) is 5.25. The fourth-order valence-corrected chi connectivity index (χ4v) is 2.10. The van der Waals surface area contributed by atoms with Crippen LogP contribution < -0.4 is 10.9 Å². The Morgan fingerprint density at radius 1 is 1.67 bits per heavy atom. The van der Waals surface area contributed by atoms with Crippen LogP contribution in [0.4, 0.5) is 5.69 Å². The van der Waals surface area contributed by atoms with Crippen molar-refractivity contribution < 1.29 is 0 Å². The van der Waals surface area contributed by atoms with Crippen molar-refractivity contribution in [2.24, 2.45) is 0 Å². The van der Waals surface area contributed by atoms with E-state index in [1.54, 1.807) is 12.3 Å². The van der Waals surface area contributed by atoms with Gasteiger partial charge < -0.3 is 10.2 Å². The predicted molar refractivity (Wildman–Crippen MR) is 78.0 cm³/mol. The van der Waals surface area contributed by atoms with Crippen LogP contribution in [0.2, 0.25) is 0 Å². The van der Waals surface area contributed by atoms with Crippen LogP contribution in [0.1, 0.15) is 6.92 Å². The van der Waals surface area contributed by atoms with E-state index in [0.29, 0.717) is 11.0 Å². The van der Waals surface area contributed by atoms with Gasteiger partial charge in [-0.15, -0.1) is 6.58 Å². The molecule has 18 heavy (non-hydrogen) atoms. The Labute approximate surface area is 116 Å². The lowest BCUT2D eigenvalue weighted by Crippen LogP contribution is -2.31. The van der Waals surface area contributed by atoms with Crippen molar-refractivity contribution in [3.63, 3.8) is 0 Å². The van der Waals surface area contributed by atoms with Gasteiger partial charge in [0, 0.05) is 12.6 Å². The maximum Gasteiger partial charge on any atom is 0.283 e. The number of allylic oxidation sites excluding steroid dienone is 1. The second-order valence-electron chi connectivity index (χ2n) is 4.46. The quantitative estimate of drug-likeness (QED) is 0.810. The van der Waals surface area contributed by atoms with Gasteiger partial charge in [-0.2, -0.15) is 5.10 Å². The molecule has 0 aromatic carbocycles. The molecule has 1 N–H and O–H groups in total. The lowest BCUT2D eigenvalue weighted by atomic mass is 10.3. The molecule has 1 aromatic heterocycles. The molecule has 5 nitrogen and oxygen atoms in total. The van der Waals surface area contributed by atoms with E-state index in [1.807, 2.05) is 14.1 Å². The Kier molecular flexibility index (Phi) is 5.55. The summed E-state index contributed by atoms with van der Waals surface area (Å²) in [5.41, 5.74) is 0.562. The Bertz CT molecular complexity index is 470. The molecule has 1 rings (SSSR count). The van der Waals surface area contributed by atoms with Crippen LogP contribution in [0.5, 0.6) is 0 Å². The normalized spacial score (nSPS) is 12.5. The molecule has 1 aromatic rings. The lowest BCUT2D eigenvalue weighted by molar-refractivity contribution is 0.392. The number of nitrogens with one attached hydrogen (secondary N) is 1. The van der Waals surface area contributed by atoms with Gasteiger partial charge in [0.25, 0.3) is 5.56 Å². The van der Waals surface area contributed by atoms with E-state index in [-0.39, 0.29) is 11.6 Å². The third kappa shape index (κ3) is 3.96. The highest BCUT2D eigenvalue weighted by molar-refractivity contribution is 9.10. The minimum Gasteiger partial charge on any atom is -0.379 e. The van der Waals surface area contributed by atoms with Crippen LogP contribution in [-0.4, -0.2) is 41.4 Å². The maximum atomic E-state index is 11.9. The number of halogens is 1. The first-order chi connectivity index (χ1) is 8.45. The van der Waals surface area contributed by atoms with Crippen molar-refractivity contribution in [2.45, 2.75) is 19.5 Å². The number of likely N-dealkylation sites (N-methyl/N-ethyl adjacent to an activating group) is 1. The first kappa shape index (κ1) is 14.9. The molecule has 0 saturated heterocycles. The molecule has 0 spiro atoms. The topological polar surface area (TPSA) is 50.2 Å². The molecular weight excluding hydrogens is 296 g/mol. The molecule has 0 bridgehead atoms. The molecule has 0 aliphatic carbocycles. The van der Waals surface area contributed by atoms with Crippen LogP contribution in [-0.2, 0) is 6.54 Å². The summed E-state index contributed by atoms with van der Waals surface area (Å²) in [5.74, 6) is 0. The highest BCUT2D eigenvalue weighted by Gasteiger charge is 2.10. The third-order valence-electron chi connectivity index (χ3n) is 2.33. The van der Waals surface area contributed by atoms with E-state index in [1.165, 1.54) is 4.68 Å². The number of aromatic nitrogens is 2. The van der Waals surface area contributed by atoms with Gasteiger partial charge in [0.15, 0.2) is 0 Å². The van der Waals surface area contributed by atoms with E-state index in [2.05, 4.69) is 44.7 Å². The van der Waals surface area contributed by atoms with E-state index in [0.717, 1.165) is 12.2 Å². The van der Waals surface area contributed by atoms with Gasteiger partial charge in [-0.1, -0.05) is 6.08 Å². The van der Waals surface area contributed by atoms with Crippen molar-refractivity contribution in [1.29, 1.82) is 0 Å². The Balaban J connectivity index is 2.88. The Morgan fingerprint density at radius 3 is 2.89 bits per heavy atom. The van der Waals surface area contributed by atoms with Gasteiger partial charge in [-0.05, 0) is 36.9 Å². The zero-order chi connectivity index (χ0) is 13.7. The molecule has 1 heterocycles. The summed E-state index contributed by atoms with van der Waals surface area (Å²) >= 11 is 3.31. The molecule has 1 unspecified atom stereocenters. The maximum absolute atomic E-state index is 11.9. The van der Waals surface area contributed by atoms with Crippen molar-refractivity contribution in [3.05, 3.63) is 33.7 Å². The second kappa shape index (κ2) is 6.70. The van der Waals surface area contributed by atoms with Gasteiger partial charge in [0.05, 0.1) is 18.4 Å². The SMILES string of the molecule is C=CCn1ncc(NC(C)CN(C)C)c(Br)c1=O. The van der Waals surface area contributed by atoms with E-state index in [4.69, 9.17) is 0 Å². The molecule has 0 fully saturated rings. The van der Waals surface area contributed by atoms with Crippen LogP contribution in [0.3, 0.4) is 0 Å². The number of hydrogen-bond donors (Lipinski definition) is 1. The molecule has 6 heteroatoms. The smallest absolute Gasteiger partial charge is 0.283 e. The standard InChI is InChI=1S/C12H19BrN4O/c1-5-6-17-12(18)11(13)10(7-14-17)15-9(2)8-16(3)4/h5,7,9,15H,1,6,8H2,2-4H3. The molecule has 1 atom stereocenters. The van der Waals surface area contributed by atoms with Crippen molar-refractivity contribution in [2.75, 3.05) is 26.0 Å². The molecule has 0 aliphatic rings. The molecule has 100 valence electrons. The number of anilines is 1. The summed E-state index contributed by atoms with van der Waals surface area (Å²) in [4.78, 5) is 14.0. The average Bonchev–Trinajstić information content (AvgIpc) is 2.28. The third-order valence-corrected chi connectivity index (χ3v) is 3.09. The highest BCUT2D eigenvalue weighted by Crippen LogP contribution is 2.17. The first-order valence-electron chi connectivity index (χ1n) is 5.73. The summed E-state index contributed by atoms with van der Waals surface area (Å²) in [7, 11) is 4.01. The summed E-state index contributed by atoms with van der Waals surface area (Å²) in [6, 6.07) is 0.229. The van der Waals surface area contributed by atoms with E-state index >= 15 is 0 Å². The summed E-state index contributed by atoms with van der Waals surface area (Å²) < 4.78 is 1.86. The minimum atomic E-state index is -0.156. The van der Waals surface area contributed by atoms with Crippen molar-refractivity contribution in [3.8, 4) is 0 Å². The molecule has 0 amide bonds. The molecule has 0 aliphatic heterocycles. The largest absolute Gasteiger partial charge is 0.379 e.